The van der Waals surface area contributed by atoms with E-state index in [9.17, 15) is 4.79 Å². The molecule has 4 heteroatoms. The fourth-order valence-electron chi connectivity index (χ4n) is 3.65. The van der Waals surface area contributed by atoms with Crippen LogP contribution in [0.1, 0.15) is 18.2 Å². The minimum Gasteiger partial charge on any atom is -0.358 e. The molecule has 2 heterocycles. The summed E-state index contributed by atoms with van der Waals surface area (Å²) in [6.45, 7) is 6.86. The van der Waals surface area contributed by atoms with Crippen molar-refractivity contribution in [2.24, 2.45) is 11.8 Å². The Kier molecular flexibility index (Phi) is 4.21. The first-order valence-electron chi connectivity index (χ1n) is 8.08. The lowest BCUT2D eigenvalue weighted by molar-refractivity contribution is -0.125. The Bertz CT molecular complexity index is 676. The smallest absolute Gasteiger partial charge is 0.224 e. The maximum Gasteiger partial charge on any atom is 0.224 e. The number of hydrogen-bond donors (Lipinski definition) is 2. The summed E-state index contributed by atoms with van der Waals surface area (Å²) in [6, 6.07) is 8.35. The van der Waals surface area contributed by atoms with Gasteiger partial charge in [0.15, 0.2) is 0 Å². The van der Waals surface area contributed by atoms with Crippen molar-refractivity contribution in [1.29, 1.82) is 0 Å². The molecule has 0 saturated carbocycles. The van der Waals surface area contributed by atoms with E-state index < -0.39 is 0 Å². The van der Waals surface area contributed by atoms with Gasteiger partial charge in [-0.1, -0.05) is 25.1 Å². The van der Waals surface area contributed by atoms with Crippen molar-refractivity contribution in [3.05, 3.63) is 35.5 Å². The van der Waals surface area contributed by atoms with Crippen molar-refractivity contribution in [2.75, 3.05) is 26.7 Å². The molecule has 2 N–H and O–H groups in total. The summed E-state index contributed by atoms with van der Waals surface area (Å²) in [5.41, 5.74) is 3.68. The third kappa shape index (κ3) is 2.88. The monoisotopic (exact) mass is 299 g/mol. The van der Waals surface area contributed by atoms with Crippen LogP contribution in [0.3, 0.4) is 0 Å². The van der Waals surface area contributed by atoms with Crippen molar-refractivity contribution in [2.45, 2.75) is 20.3 Å². The molecule has 4 nitrogen and oxygen atoms in total. The molecular weight excluding hydrogens is 274 g/mol. The molecule has 1 aromatic heterocycles. The summed E-state index contributed by atoms with van der Waals surface area (Å²) in [4.78, 5) is 18.0. The molecule has 3 rings (SSSR count). The van der Waals surface area contributed by atoms with E-state index in [1.54, 1.807) is 0 Å². The highest BCUT2D eigenvalue weighted by molar-refractivity contribution is 5.84. The third-order valence-corrected chi connectivity index (χ3v) is 4.83. The number of rotatable bonds is 4. The lowest BCUT2D eigenvalue weighted by atomic mass is 9.97. The molecule has 1 fully saturated rings. The number of H-pyrrole nitrogens is 1. The molecule has 0 spiro atoms. The van der Waals surface area contributed by atoms with Crippen LogP contribution < -0.4 is 5.32 Å². The molecule has 1 saturated heterocycles. The van der Waals surface area contributed by atoms with Gasteiger partial charge in [-0.15, -0.1) is 0 Å². The summed E-state index contributed by atoms with van der Waals surface area (Å²) in [6.07, 6.45) is 0.874. The third-order valence-electron chi connectivity index (χ3n) is 4.83. The summed E-state index contributed by atoms with van der Waals surface area (Å²) < 4.78 is 0. The van der Waals surface area contributed by atoms with Crippen LogP contribution in [0.15, 0.2) is 24.3 Å². The highest BCUT2D eigenvalue weighted by atomic mass is 16.1. The minimum absolute atomic E-state index is 0.133. The topological polar surface area (TPSA) is 48.1 Å². The number of benzene rings is 1. The zero-order chi connectivity index (χ0) is 15.7. The van der Waals surface area contributed by atoms with Gasteiger partial charge in [-0.25, -0.2) is 0 Å². The van der Waals surface area contributed by atoms with Crippen molar-refractivity contribution in [3.8, 4) is 0 Å². The fraction of sp³-hybridized carbons (Fsp3) is 0.500. The average Bonchev–Trinajstić information content (AvgIpc) is 2.98. The van der Waals surface area contributed by atoms with Gasteiger partial charge in [0.1, 0.15) is 0 Å². The first-order chi connectivity index (χ1) is 10.6. The molecule has 2 aromatic rings. The van der Waals surface area contributed by atoms with E-state index in [2.05, 4.69) is 54.3 Å². The zero-order valence-corrected chi connectivity index (χ0v) is 13.6. The molecule has 0 unspecified atom stereocenters. The van der Waals surface area contributed by atoms with Crippen LogP contribution >= 0.6 is 0 Å². The van der Waals surface area contributed by atoms with Crippen LogP contribution in [0, 0.1) is 18.8 Å². The van der Waals surface area contributed by atoms with E-state index >= 15 is 0 Å². The first kappa shape index (κ1) is 15.1. The number of amides is 1. The summed E-state index contributed by atoms with van der Waals surface area (Å²) >= 11 is 0. The molecule has 2 atom stereocenters. The summed E-state index contributed by atoms with van der Waals surface area (Å²) in [5, 5.41) is 4.39. The van der Waals surface area contributed by atoms with Gasteiger partial charge >= 0.3 is 0 Å². The number of carbonyl (C=O) groups is 1. The largest absolute Gasteiger partial charge is 0.358 e. The number of para-hydroxylation sites is 1. The Balaban J connectivity index is 1.61. The zero-order valence-electron chi connectivity index (χ0n) is 13.6. The van der Waals surface area contributed by atoms with Crippen molar-refractivity contribution in [1.82, 2.24) is 15.2 Å². The van der Waals surface area contributed by atoms with Crippen LogP contribution in [-0.4, -0.2) is 42.5 Å². The number of aryl methyl sites for hydroxylation is 1. The summed E-state index contributed by atoms with van der Waals surface area (Å²) in [7, 11) is 2.08. The molecule has 0 aliphatic carbocycles. The van der Waals surface area contributed by atoms with E-state index in [4.69, 9.17) is 0 Å². The van der Waals surface area contributed by atoms with E-state index in [1.807, 2.05) is 6.07 Å². The van der Waals surface area contributed by atoms with Gasteiger partial charge in [0.05, 0.1) is 5.92 Å². The fourth-order valence-corrected chi connectivity index (χ4v) is 3.65. The highest BCUT2D eigenvalue weighted by Gasteiger charge is 2.32. The second-order valence-corrected chi connectivity index (χ2v) is 6.62. The maximum atomic E-state index is 12.3. The molecule has 22 heavy (non-hydrogen) atoms. The normalized spacial score (nSPS) is 22.3. The number of carbonyl (C=O) groups excluding carboxylic acids is 1. The Labute approximate surface area is 131 Å². The summed E-state index contributed by atoms with van der Waals surface area (Å²) in [5.74, 6) is 0.781. The number of nitrogens with zero attached hydrogens (tertiary/aromatic N) is 1. The van der Waals surface area contributed by atoms with Gasteiger partial charge in [0.25, 0.3) is 0 Å². The van der Waals surface area contributed by atoms with Gasteiger partial charge in [-0.3, -0.25) is 4.79 Å². The second kappa shape index (κ2) is 6.13. The quantitative estimate of drug-likeness (QED) is 0.910. The number of fused-ring (bicyclic) bond motifs is 1. The molecule has 118 valence electrons. The number of likely N-dealkylation sites (tertiary alicyclic amines) is 1. The molecular formula is C18H25N3O. The lowest BCUT2D eigenvalue weighted by Gasteiger charge is -2.14. The molecule has 1 aromatic carbocycles. The lowest BCUT2D eigenvalue weighted by Crippen LogP contribution is -2.35. The van der Waals surface area contributed by atoms with Crippen molar-refractivity contribution >= 4 is 16.8 Å². The Morgan fingerprint density at radius 3 is 2.86 bits per heavy atom. The van der Waals surface area contributed by atoms with Crippen LogP contribution in [-0.2, 0) is 11.2 Å². The predicted molar refractivity (Wildman–Crippen MR) is 89.9 cm³/mol. The van der Waals surface area contributed by atoms with Crippen LogP contribution in [0.25, 0.3) is 10.9 Å². The molecule has 0 bridgehead atoms. The van der Waals surface area contributed by atoms with E-state index in [0.29, 0.717) is 12.5 Å². The molecule has 1 aliphatic rings. The molecule has 1 aliphatic heterocycles. The number of aromatic amines is 1. The predicted octanol–water partition coefficient (Wildman–Crippen LogP) is 2.33. The first-order valence-corrected chi connectivity index (χ1v) is 8.08. The van der Waals surface area contributed by atoms with Crippen LogP contribution in [0.4, 0.5) is 0 Å². The van der Waals surface area contributed by atoms with Crippen LogP contribution in [0.5, 0.6) is 0 Å². The van der Waals surface area contributed by atoms with E-state index in [0.717, 1.165) is 19.5 Å². The van der Waals surface area contributed by atoms with E-state index in [1.165, 1.54) is 22.2 Å². The van der Waals surface area contributed by atoms with Crippen LogP contribution in [0.2, 0.25) is 0 Å². The standard InChI is InChI=1S/C18H25N3O/c1-12-10-21(3)11-16(12)18(22)19-9-8-14-13(2)20-17-7-5-4-6-15(14)17/h4-7,12,16,20H,8-11H2,1-3H3,(H,19,22)/t12-,16-/m0/s1. The van der Waals surface area contributed by atoms with E-state index in [-0.39, 0.29) is 11.8 Å². The molecule has 1 amide bonds. The maximum absolute atomic E-state index is 12.3. The van der Waals surface area contributed by atoms with Gasteiger partial charge in [0, 0.05) is 36.2 Å². The van der Waals surface area contributed by atoms with Gasteiger partial charge in [-0.2, -0.15) is 0 Å². The number of nitrogens with one attached hydrogen (secondary N) is 2. The highest BCUT2D eigenvalue weighted by Crippen LogP contribution is 2.23. The minimum atomic E-state index is 0.133. The van der Waals surface area contributed by atoms with Gasteiger partial charge in [0.2, 0.25) is 5.91 Å². The molecule has 0 radical (unpaired) electrons. The van der Waals surface area contributed by atoms with Crippen molar-refractivity contribution < 1.29 is 4.79 Å². The second-order valence-electron chi connectivity index (χ2n) is 6.62. The average molecular weight is 299 g/mol. The van der Waals surface area contributed by atoms with Gasteiger partial charge in [-0.05, 0) is 37.9 Å². The Hall–Kier alpha value is -1.81. The number of aromatic nitrogens is 1. The Morgan fingerprint density at radius 2 is 2.14 bits per heavy atom. The number of hydrogen-bond acceptors (Lipinski definition) is 2. The van der Waals surface area contributed by atoms with Crippen molar-refractivity contribution in [3.63, 3.8) is 0 Å². The Morgan fingerprint density at radius 1 is 1.36 bits per heavy atom. The van der Waals surface area contributed by atoms with Gasteiger partial charge < -0.3 is 15.2 Å². The SMILES string of the molecule is Cc1[nH]c2ccccc2c1CCNC(=O)[C@H]1CN(C)C[C@@H]1C.